The summed E-state index contributed by atoms with van der Waals surface area (Å²) < 4.78 is 5.17. The summed E-state index contributed by atoms with van der Waals surface area (Å²) >= 11 is 0. The molecule has 2 aromatic carbocycles. The fourth-order valence-electron chi connectivity index (χ4n) is 3.17. The van der Waals surface area contributed by atoms with E-state index in [9.17, 15) is 14.4 Å². The summed E-state index contributed by atoms with van der Waals surface area (Å²) in [6.07, 6.45) is 0.0965. The van der Waals surface area contributed by atoms with Crippen LogP contribution in [0.25, 0.3) is 0 Å². The molecular weight excluding hydrogens is 474 g/mol. The van der Waals surface area contributed by atoms with E-state index >= 15 is 0 Å². The number of amides is 3. The van der Waals surface area contributed by atoms with Crippen molar-refractivity contribution in [3.8, 4) is 0 Å². The van der Waals surface area contributed by atoms with Crippen molar-refractivity contribution in [2.24, 2.45) is 5.41 Å². The van der Waals surface area contributed by atoms with Crippen molar-refractivity contribution >= 4 is 17.9 Å². The maximum Gasteiger partial charge on any atom is 0.408 e. The van der Waals surface area contributed by atoms with Crippen LogP contribution in [-0.2, 0) is 37.3 Å². The molecule has 3 N–H and O–H groups in total. The molecule has 0 aliphatic heterocycles. The van der Waals surface area contributed by atoms with E-state index in [1.807, 2.05) is 60.7 Å². The highest BCUT2D eigenvalue weighted by atomic mass is 17.2. The van der Waals surface area contributed by atoms with E-state index in [0.717, 1.165) is 17.5 Å². The minimum atomic E-state index is -0.889. The Morgan fingerprint density at radius 1 is 0.838 bits per heavy atom. The van der Waals surface area contributed by atoms with Crippen LogP contribution in [0.2, 0.25) is 0 Å². The van der Waals surface area contributed by atoms with Crippen LogP contribution in [0.1, 0.15) is 51.7 Å². The second-order valence-electron chi connectivity index (χ2n) is 10.0. The maximum atomic E-state index is 12.7. The summed E-state index contributed by atoms with van der Waals surface area (Å²) in [7, 11) is 0. The van der Waals surface area contributed by atoms with Gasteiger partial charge in [0.05, 0.1) is 6.04 Å². The van der Waals surface area contributed by atoms with Crippen LogP contribution < -0.4 is 16.0 Å². The van der Waals surface area contributed by atoms with Gasteiger partial charge < -0.3 is 20.7 Å². The molecule has 0 aliphatic rings. The van der Waals surface area contributed by atoms with E-state index < -0.39 is 24.1 Å². The van der Waals surface area contributed by atoms with Gasteiger partial charge in [-0.05, 0) is 29.9 Å². The zero-order valence-electron chi connectivity index (χ0n) is 22.1. The molecule has 0 fully saturated rings. The van der Waals surface area contributed by atoms with Crippen molar-refractivity contribution < 1.29 is 28.9 Å². The predicted octanol–water partition coefficient (Wildman–Crippen LogP) is 3.88. The summed E-state index contributed by atoms with van der Waals surface area (Å²) in [5.74, 6) is -0.695. The third-order valence-electron chi connectivity index (χ3n) is 5.34. The first-order chi connectivity index (χ1) is 17.6. The molecule has 0 unspecified atom stereocenters. The zero-order chi connectivity index (χ0) is 27.1. The van der Waals surface area contributed by atoms with E-state index in [2.05, 4.69) is 36.7 Å². The van der Waals surface area contributed by atoms with Crippen molar-refractivity contribution in [1.29, 1.82) is 0 Å². The zero-order valence-corrected chi connectivity index (χ0v) is 22.1. The van der Waals surface area contributed by atoms with Crippen LogP contribution in [0.15, 0.2) is 60.7 Å². The van der Waals surface area contributed by atoms with Crippen LogP contribution in [0.4, 0.5) is 4.79 Å². The number of carbonyl (C=O) groups is 3. The number of nitrogens with one attached hydrogen (secondary N) is 3. The molecule has 0 aromatic heterocycles. The summed E-state index contributed by atoms with van der Waals surface area (Å²) in [5.41, 5.74) is 1.85. The standard InChI is InChI=1S/C28H39N3O6/c1-21(30-27(34)35-18-22-11-7-5-8-12-22)26(33)31-24(17-25(32)29-16-15-28(2,3)4)20-37-36-19-23-13-9-6-10-14-23/h5-14,21,24H,15-20H2,1-4H3,(H,29,32)(H,30,34)(H,31,33)/t21-,24-/m1/s1. The Labute approximate surface area is 219 Å². The molecule has 0 saturated carbocycles. The summed E-state index contributed by atoms with van der Waals surface area (Å²) in [6.45, 7) is 8.62. The fourth-order valence-corrected chi connectivity index (χ4v) is 3.17. The Bertz CT molecular complexity index is 963. The lowest BCUT2D eigenvalue weighted by Crippen LogP contribution is -2.50. The third-order valence-corrected chi connectivity index (χ3v) is 5.34. The van der Waals surface area contributed by atoms with Gasteiger partial charge in [0.15, 0.2) is 0 Å². The highest BCUT2D eigenvalue weighted by Crippen LogP contribution is 2.17. The van der Waals surface area contributed by atoms with Gasteiger partial charge in [-0.3, -0.25) is 9.59 Å². The van der Waals surface area contributed by atoms with Crippen molar-refractivity contribution in [3.05, 3.63) is 71.8 Å². The van der Waals surface area contributed by atoms with Crippen molar-refractivity contribution in [2.45, 2.75) is 65.8 Å². The first-order valence-electron chi connectivity index (χ1n) is 12.4. The van der Waals surface area contributed by atoms with E-state index in [1.54, 1.807) is 0 Å². The van der Waals surface area contributed by atoms with E-state index in [0.29, 0.717) is 6.54 Å². The molecule has 3 amide bonds. The molecule has 0 spiro atoms. The molecule has 2 atom stereocenters. The van der Waals surface area contributed by atoms with Gasteiger partial charge in [-0.25, -0.2) is 14.6 Å². The Balaban J connectivity index is 1.84. The van der Waals surface area contributed by atoms with Gasteiger partial charge in [0.1, 0.15) is 25.9 Å². The molecular formula is C28H39N3O6. The first-order valence-corrected chi connectivity index (χ1v) is 12.4. The molecule has 9 heteroatoms. The third kappa shape index (κ3) is 13.5. The van der Waals surface area contributed by atoms with Gasteiger partial charge in [0.2, 0.25) is 11.8 Å². The Hall–Kier alpha value is -3.43. The Morgan fingerprint density at radius 2 is 1.43 bits per heavy atom. The minimum absolute atomic E-state index is 0.00421. The fraction of sp³-hybridized carbons (Fsp3) is 0.464. The van der Waals surface area contributed by atoms with Gasteiger partial charge >= 0.3 is 6.09 Å². The quantitative estimate of drug-likeness (QED) is 0.201. The Morgan fingerprint density at radius 3 is 2.03 bits per heavy atom. The number of ether oxygens (including phenoxy) is 1. The van der Waals surface area contributed by atoms with Crippen LogP contribution in [-0.4, -0.2) is 43.1 Å². The number of alkyl carbamates (subject to hydrolysis) is 1. The molecule has 2 aromatic rings. The average molecular weight is 514 g/mol. The first kappa shape index (κ1) is 29.8. The normalized spacial score (nSPS) is 12.8. The number of benzene rings is 2. The van der Waals surface area contributed by atoms with Crippen LogP contribution in [0, 0.1) is 5.41 Å². The molecule has 0 bridgehead atoms. The van der Waals surface area contributed by atoms with E-state index in [-0.39, 0.29) is 37.6 Å². The average Bonchev–Trinajstić information content (AvgIpc) is 2.85. The molecule has 0 saturated heterocycles. The van der Waals surface area contributed by atoms with E-state index in [1.165, 1.54) is 6.92 Å². The molecule has 37 heavy (non-hydrogen) atoms. The highest BCUT2D eigenvalue weighted by Gasteiger charge is 2.23. The molecule has 9 nitrogen and oxygen atoms in total. The van der Waals surface area contributed by atoms with Gasteiger partial charge in [-0.2, -0.15) is 0 Å². The topological polar surface area (TPSA) is 115 Å². The largest absolute Gasteiger partial charge is 0.445 e. The summed E-state index contributed by atoms with van der Waals surface area (Å²) in [6, 6.07) is 17.2. The maximum absolute atomic E-state index is 12.7. The van der Waals surface area contributed by atoms with Gasteiger partial charge in [0, 0.05) is 13.0 Å². The molecule has 202 valence electrons. The van der Waals surface area contributed by atoms with Gasteiger partial charge in [0.25, 0.3) is 0 Å². The molecule has 2 rings (SSSR count). The van der Waals surface area contributed by atoms with Crippen molar-refractivity contribution in [3.63, 3.8) is 0 Å². The van der Waals surface area contributed by atoms with Crippen molar-refractivity contribution in [1.82, 2.24) is 16.0 Å². The summed E-state index contributed by atoms with van der Waals surface area (Å²) in [5, 5.41) is 8.14. The van der Waals surface area contributed by atoms with E-state index in [4.69, 9.17) is 14.5 Å². The predicted molar refractivity (Wildman–Crippen MR) is 140 cm³/mol. The van der Waals surface area contributed by atoms with Gasteiger partial charge in [-0.1, -0.05) is 81.4 Å². The van der Waals surface area contributed by atoms with Crippen LogP contribution >= 0.6 is 0 Å². The lowest BCUT2D eigenvalue weighted by Gasteiger charge is -2.22. The smallest absolute Gasteiger partial charge is 0.408 e. The number of carbonyl (C=O) groups excluding carboxylic acids is 3. The lowest BCUT2D eigenvalue weighted by molar-refractivity contribution is -0.306. The van der Waals surface area contributed by atoms with Gasteiger partial charge in [-0.15, -0.1) is 0 Å². The SMILES string of the molecule is C[C@@H](NC(=O)OCc1ccccc1)C(=O)N[C@@H](COOCc1ccccc1)CC(=O)NCCC(C)(C)C. The summed E-state index contributed by atoms with van der Waals surface area (Å²) in [4.78, 5) is 47.9. The van der Waals surface area contributed by atoms with Crippen LogP contribution in [0.5, 0.6) is 0 Å². The molecule has 0 radical (unpaired) electrons. The second-order valence-corrected chi connectivity index (χ2v) is 10.0. The monoisotopic (exact) mass is 513 g/mol. The van der Waals surface area contributed by atoms with Crippen LogP contribution in [0.3, 0.4) is 0 Å². The van der Waals surface area contributed by atoms with Crippen molar-refractivity contribution in [2.75, 3.05) is 13.2 Å². The Kier molecular flexibility index (Phi) is 12.6. The number of rotatable bonds is 14. The number of hydrogen-bond donors (Lipinski definition) is 3. The highest BCUT2D eigenvalue weighted by molar-refractivity contribution is 5.86. The molecule has 0 aliphatic carbocycles. The second kappa shape index (κ2) is 15.6. The number of hydrogen-bond acceptors (Lipinski definition) is 6. The minimum Gasteiger partial charge on any atom is -0.445 e. The molecule has 0 heterocycles. The lowest BCUT2D eigenvalue weighted by atomic mass is 9.92.